The second kappa shape index (κ2) is 5.73. The fourth-order valence-corrected chi connectivity index (χ4v) is 2.71. The van der Waals surface area contributed by atoms with Crippen molar-refractivity contribution in [1.29, 1.82) is 0 Å². The predicted octanol–water partition coefficient (Wildman–Crippen LogP) is 1.05. The molecule has 0 atom stereocenters. The van der Waals surface area contributed by atoms with Crippen molar-refractivity contribution in [1.82, 2.24) is 10.2 Å². The number of carbonyl (C=O) groups is 2. The number of hydrogen-bond donors (Lipinski definition) is 1. The molecule has 0 aromatic heterocycles. The highest BCUT2D eigenvalue weighted by Crippen LogP contribution is 2.22. The van der Waals surface area contributed by atoms with E-state index in [1.807, 2.05) is 0 Å². The third-order valence-corrected chi connectivity index (χ3v) is 3.83. The summed E-state index contributed by atoms with van der Waals surface area (Å²) in [4.78, 5) is 25.5. The van der Waals surface area contributed by atoms with Crippen LogP contribution in [0.1, 0.15) is 33.6 Å². The Morgan fingerprint density at radius 2 is 1.70 bits per heavy atom. The Kier molecular flexibility index (Phi) is 3.80. The SMILES string of the molecule is O=C1c2ccccc2C(=O)N1CCOC1CCNCC1. The van der Waals surface area contributed by atoms with Gasteiger partial charge < -0.3 is 10.1 Å². The average molecular weight is 274 g/mol. The number of piperidine rings is 1. The van der Waals surface area contributed by atoms with Crippen LogP contribution in [0.15, 0.2) is 24.3 Å². The number of imide groups is 1. The van der Waals surface area contributed by atoms with Crippen LogP contribution in [0.2, 0.25) is 0 Å². The molecule has 1 aromatic carbocycles. The van der Waals surface area contributed by atoms with E-state index >= 15 is 0 Å². The van der Waals surface area contributed by atoms with Gasteiger partial charge in [-0.15, -0.1) is 0 Å². The summed E-state index contributed by atoms with van der Waals surface area (Å²) >= 11 is 0. The van der Waals surface area contributed by atoms with Crippen molar-refractivity contribution >= 4 is 11.8 Å². The molecule has 2 heterocycles. The summed E-state index contributed by atoms with van der Waals surface area (Å²) in [6.45, 7) is 2.68. The van der Waals surface area contributed by atoms with E-state index in [2.05, 4.69) is 5.32 Å². The lowest BCUT2D eigenvalue weighted by Gasteiger charge is -2.24. The summed E-state index contributed by atoms with van der Waals surface area (Å²) in [6, 6.07) is 6.95. The van der Waals surface area contributed by atoms with Gasteiger partial charge in [-0.25, -0.2) is 0 Å². The second-order valence-corrected chi connectivity index (χ2v) is 5.13. The molecule has 1 fully saturated rings. The topological polar surface area (TPSA) is 58.6 Å². The molecule has 0 bridgehead atoms. The Balaban J connectivity index is 1.56. The average Bonchev–Trinajstić information content (AvgIpc) is 2.74. The third kappa shape index (κ3) is 2.46. The smallest absolute Gasteiger partial charge is 0.261 e. The molecule has 1 aromatic rings. The molecule has 2 amide bonds. The normalized spacial score (nSPS) is 19.5. The van der Waals surface area contributed by atoms with E-state index in [-0.39, 0.29) is 17.9 Å². The molecule has 1 saturated heterocycles. The number of fused-ring (bicyclic) bond motifs is 1. The van der Waals surface area contributed by atoms with Crippen LogP contribution in [0.4, 0.5) is 0 Å². The predicted molar refractivity (Wildman–Crippen MR) is 73.7 cm³/mol. The molecule has 2 aliphatic heterocycles. The van der Waals surface area contributed by atoms with Gasteiger partial charge in [0.05, 0.1) is 30.4 Å². The van der Waals surface area contributed by atoms with Crippen LogP contribution >= 0.6 is 0 Å². The van der Waals surface area contributed by atoms with Gasteiger partial charge in [-0.05, 0) is 38.1 Å². The van der Waals surface area contributed by atoms with Crippen LogP contribution in [0, 0.1) is 0 Å². The monoisotopic (exact) mass is 274 g/mol. The lowest BCUT2D eigenvalue weighted by molar-refractivity contribution is 0.0201. The number of nitrogens with zero attached hydrogens (tertiary/aromatic N) is 1. The van der Waals surface area contributed by atoms with Crippen LogP contribution in [0.5, 0.6) is 0 Å². The Morgan fingerprint density at radius 3 is 2.30 bits per heavy atom. The minimum absolute atomic E-state index is 0.209. The molecular weight excluding hydrogens is 256 g/mol. The Hall–Kier alpha value is -1.72. The minimum Gasteiger partial charge on any atom is -0.376 e. The summed E-state index contributed by atoms with van der Waals surface area (Å²) in [6.07, 6.45) is 2.22. The maximum Gasteiger partial charge on any atom is 0.261 e. The number of carbonyl (C=O) groups excluding carboxylic acids is 2. The number of rotatable bonds is 4. The van der Waals surface area contributed by atoms with Crippen molar-refractivity contribution in [3.05, 3.63) is 35.4 Å². The Morgan fingerprint density at radius 1 is 1.10 bits per heavy atom. The molecule has 1 N–H and O–H groups in total. The van der Waals surface area contributed by atoms with Crippen molar-refractivity contribution in [2.75, 3.05) is 26.2 Å². The molecule has 5 nitrogen and oxygen atoms in total. The number of ether oxygens (including phenoxy) is 1. The Bertz CT molecular complexity index is 489. The Labute approximate surface area is 117 Å². The minimum atomic E-state index is -0.209. The van der Waals surface area contributed by atoms with Crippen LogP contribution in [-0.4, -0.2) is 49.1 Å². The van der Waals surface area contributed by atoms with Crippen molar-refractivity contribution in [2.24, 2.45) is 0 Å². The molecular formula is C15H18N2O3. The molecule has 2 aliphatic rings. The molecule has 3 rings (SSSR count). The zero-order chi connectivity index (χ0) is 13.9. The van der Waals surface area contributed by atoms with Gasteiger partial charge in [0.15, 0.2) is 0 Å². The first kappa shape index (κ1) is 13.3. The van der Waals surface area contributed by atoms with Crippen LogP contribution in [-0.2, 0) is 4.74 Å². The quantitative estimate of drug-likeness (QED) is 0.834. The first-order valence-electron chi connectivity index (χ1n) is 7.05. The molecule has 5 heteroatoms. The van der Waals surface area contributed by atoms with E-state index in [4.69, 9.17) is 4.74 Å². The molecule has 0 spiro atoms. The molecule has 0 aliphatic carbocycles. The van der Waals surface area contributed by atoms with Crippen molar-refractivity contribution in [3.8, 4) is 0 Å². The highest BCUT2D eigenvalue weighted by molar-refractivity contribution is 6.21. The van der Waals surface area contributed by atoms with E-state index < -0.39 is 0 Å². The van der Waals surface area contributed by atoms with Gasteiger partial charge in [-0.2, -0.15) is 0 Å². The van der Waals surface area contributed by atoms with Gasteiger partial charge >= 0.3 is 0 Å². The van der Waals surface area contributed by atoms with Gasteiger partial charge in [0.2, 0.25) is 0 Å². The fraction of sp³-hybridized carbons (Fsp3) is 0.467. The summed E-state index contributed by atoms with van der Waals surface area (Å²) in [5.74, 6) is -0.418. The van der Waals surface area contributed by atoms with Gasteiger partial charge in [0.25, 0.3) is 11.8 Å². The fourth-order valence-electron chi connectivity index (χ4n) is 2.71. The highest BCUT2D eigenvalue weighted by atomic mass is 16.5. The number of amides is 2. The van der Waals surface area contributed by atoms with Crippen LogP contribution in [0.3, 0.4) is 0 Å². The standard InChI is InChI=1S/C15H18N2O3/c18-14-12-3-1-2-4-13(12)15(19)17(14)9-10-20-11-5-7-16-8-6-11/h1-4,11,16H,5-10H2. The van der Waals surface area contributed by atoms with E-state index in [1.54, 1.807) is 24.3 Å². The third-order valence-electron chi connectivity index (χ3n) is 3.83. The zero-order valence-electron chi connectivity index (χ0n) is 11.3. The summed E-state index contributed by atoms with van der Waals surface area (Å²) in [5.41, 5.74) is 0.999. The molecule has 20 heavy (non-hydrogen) atoms. The van der Waals surface area contributed by atoms with Gasteiger partial charge in [-0.3, -0.25) is 14.5 Å². The maximum atomic E-state index is 12.1. The van der Waals surface area contributed by atoms with Crippen LogP contribution in [0.25, 0.3) is 0 Å². The highest BCUT2D eigenvalue weighted by Gasteiger charge is 2.34. The number of nitrogens with one attached hydrogen (secondary N) is 1. The molecule has 0 unspecified atom stereocenters. The summed E-state index contributed by atoms with van der Waals surface area (Å²) in [7, 11) is 0. The van der Waals surface area contributed by atoms with Crippen molar-refractivity contribution in [3.63, 3.8) is 0 Å². The van der Waals surface area contributed by atoms with Crippen molar-refractivity contribution in [2.45, 2.75) is 18.9 Å². The largest absolute Gasteiger partial charge is 0.376 e. The zero-order valence-corrected chi connectivity index (χ0v) is 11.3. The molecule has 0 radical (unpaired) electrons. The van der Waals surface area contributed by atoms with Gasteiger partial charge in [0.1, 0.15) is 0 Å². The molecule has 0 saturated carbocycles. The van der Waals surface area contributed by atoms with E-state index in [1.165, 1.54) is 4.90 Å². The lowest BCUT2D eigenvalue weighted by Crippen LogP contribution is -2.36. The van der Waals surface area contributed by atoms with Gasteiger partial charge in [0, 0.05) is 0 Å². The van der Waals surface area contributed by atoms with E-state index in [9.17, 15) is 9.59 Å². The van der Waals surface area contributed by atoms with Crippen LogP contribution < -0.4 is 5.32 Å². The first-order chi connectivity index (χ1) is 9.77. The lowest BCUT2D eigenvalue weighted by atomic mass is 10.1. The summed E-state index contributed by atoms with van der Waals surface area (Å²) in [5, 5.41) is 3.27. The number of hydrogen-bond acceptors (Lipinski definition) is 4. The van der Waals surface area contributed by atoms with E-state index in [0.717, 1.165) is 25.9 Å². The first-order valence-corrected chi connectivity index (χ1v) is 7.05. The summed E-state index contributed by atoms with van der Waals surface area (Å²) < 4.78 is 5.75. The molecule has 106 valence electrons. The second-order valence-electron chi connectivity index (χ2n) is 5.13. The maximum absolute atomic E-state index is 12.1. The van der Waals surface area contributed by atoms with E-state index in [0.29, 0.717) is 24.3 Å². The van der Waals surface area contributed by atoms with Gasteiger partial charge in [-0.1, -0.05) is 12.1 Å². The van der Waals surface area contributed by atoms with Crippen molar-refractivity contribution < 1.29 is 14.3 Å². The number of benzene rings is 1.